The van der Waals surface area contributed by atoms with Crippen molar-refractivity contribution in [3.63, 3.8) is 0 Å². The number of amides is 1. The summed E-state index contributed by atoms with van der Waals surface area (Å²) in [6.07, 6.45) is 1.58. The Morgan fingerprint density at radius 3 is 2.54 bits per heavy atom. The third kappa shape index (κ3) is 4.36. The van der Waals surface area contributed by atoms with Gasteiger partial charge in [-0.15, -0.1) is 0 Å². The number of nitrogens with zero attached hydrogens (tertiary/aromatic N) is 1. The molecule has 3 rings (SSSR count). The van der Waals surface area contributed by atoms with Crippen molar-refractivity contribution in [3.05, 3.63) is 83.9 Å². The number of carbonyl (C=O) groups excluding carboxylic acids is 1. The number of carbonyl (C=O) groups is 1. The number of ether oxygens (including phenoxy) is 1. The molecule has 1 aromatic heterocycles. The SMILES string of the molecule is COc1ccccc1Nc1ccc(C(=O)NCc2ccc(F)cc2)nc1. The largest absolute Gasteiger partial charge is 0.495 e. The average molecular weight is 351 g/mol. The molecule has 0 fully saturated rings. The molecule has 0 bridgehead atoms. The van der Waals surface area contributed by atoms with Gasteiger partial charge in [-0.1, -0.05) is 24.3 Å². The number of hydrogen-bond donors (Lipinski definition) is 2. The summed E-state index contributed by atoms with van der Waals surface area (Å²) in [6.45, 7) is 0.308. The second-order valence-electron chi connectivity index (χ2n) is 5.57. The number of methoxy groups -OCH3 is 1. The number of aromatic nitrogens is 1. The summed E-state index contributed by atoms with van der Waals surface area (Å²) in [6, 6.07) is 16.9. The summed E-state index contributed by atoms with van der Waals surface area (Å²) < 4.78 is 18.2. The van der Waals surface area contributed by atoms with E-state index in [4.69, 9.17) is 4.74 Å². The van der Waals surface area contributed by atoms with E-state index in [1.807, 2.05) is 24.3 Å². The molecule has 0 aliphatic rings. The molecule has 1 amide bonds. The van der Waals surface area contributed by atoms with E-state index in [1.165, 1.54) is 12.1 Å². The van der Waals surface area contributed by atoms with Gasteiger partial charge in [-0.3, -0.25) is 4.79 Å². The second kappa shape index (κ2) is 8.11. The molecule has 132 valence electrons. The number of anilines is 2. The lowest BCUT2D eigenvalue weighted by atomic mass is 10.2. The van der Waals surface area contributed by atoms with E-state index in [9.17, 15) is 9.18 Å². The topological polar surface area (TPSA) is 63.2 Å². The molecule has 0 atom stereocenters. The van der Waals surface area contributed by atoms with E-state index < -0.39 is 0 Å². The maximum Gasteiger partial charge on any atom is 0.270 e. The Kier molecular flexibility index (Phi) is 5.43. The highest BCUT2D eigenvalue weighted by Crippen LogP contribution is 2.26. The maximum atomic E-state index is 12.9. The van der Waals surface area contributed by atoms with Crippen LogP contribution in [0, 0.1) is 5.82 Å². The first-order chi connectivity index (χ1) is 12.7. The molecule has 0 saturated heterocycles. The van der Waals surface area contributed by atoms with Crippen LogP contribution in [-0.2, 0) is 6.54 Å². The lowest BCUT2D eigenvalue weighted by Crippen LogP contribution is -2.23. The van der Waals surface area contributed by atoms with Crippen LogP contribution >= 0.6 is 0 Å². The van der Waals surface area contributed by atoms with Crippen LogP contribution in [0.3, 0.4) is 0 Å². The molecule has 2 N–H and O–H groups in total. The molecule has 0 unspecified atom stereocenters. The third-order valence-corrected chi connectivity index (χ3v) is 3.75. The Morgan fingerprint density at radius 2 is 1.85 bits per heavy atom. The average Bonchev–Trinajstić information content (AvgIpc) is 2.68. The van der Waals surface area contributed by atoms with Crippen LogP contribution in [0.5, 0.6) is 5.75 Å². The number of benzene rings is 2. The predicted molar refractivity (Wildman–Crippen MR) is 98.1 cm³/mol. The highest BCUT2D eigenvalue weighted by atomic mass is 19.1. The molecule has 0 radical (unpaired) electrons. The summed E-state index contributed by atoms with van der Waals surface area (Å²) >= 11 is 0. The Morgan fingerprint density at radius 1 is 1.08 bits per heavy atom. The Balaban J connectivity index is 1.61. The first-order valence-electron chi connectivity index (χ1n) is 8.04. The number of para-hydroxylation sites is 2. The lowest BCUT2D eigenvalue weighted by Gasteiger charge is -2.11. The van der Waals surface area contributed by atoms with Gasteiger partial charge in [0.05, 0.1) is 24.7 Å². The first-order valence-corrected chi connectivity index (χ1v) is 8.04. The fourth-order valence-electron chi connectivity index (χ4n) is 2.38. The lowest BCUT2D eigenvalue weighted by molar-refractivity contribution is 0.0946. The van der Waals surface area contributed by atoms with Crippen molar-refractivity contribution in [3.8, 4) is 5.75 Å². The van der Waals surface area contributed by atoms with Crippen molar-refractivity contribution in [2.75, 3.05) is 12.4 Å². The van der Waals surface area contributed by atoms with E-state index in [0.29, 0.717) is 18.0 Å². The second-order valence-corrected chi connectivity index (χ2v) is 5.57. The van der Waals surface area contributed by atoms with Crippen LogP contribution < -0.4 is 15.4 Å². The molecule has 1 heterocycles. The Bertz CT molecular complexity index is 880. The van der Waals surface area contributed by atoms with E-state index in [-0.39, 0.29) is 11.7 Å². The van der Waals surface area contributed by atoms with E-state index in [1.54, 1.807) is 37.6 Å². The van der Waals surface area contributed by atoms with Gasteiger partial charge in [0.2, 0.25) is 0 Å². The van der Waals surface area contributed by atoms with Gasteiger partial charge >= 0.3 is 0 Å². The molecule has 3 aromatic rings. The zero-order valence-electron chi connectivity index (χ0n) is 14.2. The third-order valence-electron chi connectivity index (χ3n) is 3.75. The molecule has 6 heteroatoms. The summed E-state index contributed by atoms with van der Waals surface area (Å²) in [7, 11) is 1.60. The fraction of sp³-hybridized carbons (Fsp3) is 0.100. The number of rotatable bonds is 6. The number of nitrogens with one attached hydrogen (secondary N) is 2. The summed E-state index contributed by atoms with van der Waals surface area (Å²) in [5.41, 5.74) is 2.67. The van der Waals surface area contributed by atoms with Gasteiger partial charge in [0, 0.05) is 6.54 Å². The highest BCUT2D eigenvalue weighted by Gasteiger charge is 2.08. The molecule has 26 heavy (non-hydrogen) atoms. The number of hydrogen-bond acceptors (Lipinski definition) is 4. The molecule has 0 spiro atoms. The van der Waals surface area contributed by atoms with E-state index in [0.717, 1.165) is 16.9 Å². The summed E-state index contributed by atoms with van der Waals surface area (Å²) in [4.78, 5) is 16.3. The van der Waals surface area contributed by atoms with Crippen molar-refractivity contribution >= 4 is 17.3 Å². The van der Waals surface area contributed by atoms with Crippen molar-refractivity contribution in [1.29, 1.82) is 0 Å². The first kappa shape index (κ1) is 17.4. The van der Waals surface area contributed by atoms with Crippen molar-refractivity contribution < 1.29 is 13.9 Å². The van der Waals surface area contributed by atoms with Crippen molar-refractivity contribution in [2.45, 2.75) is 6.54 Å². The normalized spacial score (nSPS) is 10.2. The Labute approximate surface area is 150 Å². The smallest absolute Gasteiger partial charge is 0.270 e. The number of pyridine rings is 1. The van der Waals surface area contributed by atoms with Crippen molar-refractivity contribution in [1.82, 2.24) is 10.3 Å². The molecular formula is C20H18FN3O2. The van der Waals surface area contributed by atoms with Gasteiger partial charge in [-0.2, -0.15) is 0 Å². The van der Waals surface area contributed by atoms with Crippen molar-refractivity contribution in [2.24, 2.45) is 0 Å². The van der Waals surface area contributed by atoms with Crippen LogP contribution in [-0.4, -0.2) is 18.0 Å². The zero-order chi connectivity index (χ0) is 18.4. The quantitative estimate of drug-likeness (QED) is 0.707. The highest BCUT2D eigenvalue weighted by molar-refractivity contribution is 5.92. The van der Waals surface area contributed by atoms with Crippen LogP contribution in [0.2, 0.25) is 0 Å². The monoisotopic (exact) mass is 351 g/mol. The number of halogens is 1. The van der Waals surface area contributed by atoms with Gasteiger partial charge in [0.1, 0.15) is 17.3 Å². The van der Waals surface area contributed by atoms with E-state index >= 15 is 0 Å². The van der Waals surface area contributed by atoms with Crippen LogP contribution in [0.25, 0.3) is 0 Å². The van der Waals surface area contributed by atoms with Gasteiger partial charge in [0.25, 0.3) is 5.91 Å². The minimum atomic E-state index is -0.306. The molecule has 5 nitrogen and oxygen atoms in total. The maximum absolute atomic E-state index is 12.9. The molecule has 0 saturated carbocycles. The summed E-state index contributed by atoms with van der Waals surface area (Å²) in [5.74, 6) is 0.117. The van der Waals surface area contributed by atoms with Gasteiger partial charge in [-0.05, 0) is 42.0 Å². The van der Waals surface area contributed by atoms with Gasteiger partial charge in [0.15, 0.2) is 0 Å². The fourth-order valence-corrected chi connectivity index (χ4v) is 2.38. The molecular weight excluding hydrogens is 333 g/mol. The van der Waals surface area contributed by atoms with Crippen LogP contribution in [0.1, 0.15) is 16.1 Å². The molecule has 0 aliphatic carbocycles. The standard InChI is InChI=1S/C20H18FN3O2/c1-26-19-5-3-2-4-17(19)24-16-10-11-18(22-13-16)20(25)23-12-14-6-8-15(21)9-7-14/h2-11,13,24H,12H2,1H3,(H,23,25). The predicted octanol–water partition coefficient (Wildman–Crippen LogP) is 3.90. The van der Waals surface area contributed by atoms with Crippen LogP contribution in [0.15, 0.2) is 66.9 Å². The minimum absolute atomic E-state index is 0.293. The minimum Gasteiger partial charge on any atom is -0.495 e. The molecule has 2 aromatic carbocycles. The summed E-state index contributed by atoms with van der Waals surface area (Å²) in [5, 5.41) is 5.96. The Hall–Kier alpha value is -3.41. The van der Waals surface area contributed by atoms with Gasteiger partial charge < -0.3 is 15.4 Å². The van der Waals surface area contributed by atoms with Crippen LogP contribution in [0.4, 0.5) is 15.8 Å². The van der Waals surface area contributed by atoms with E-state index in [2.05, 4.69) is 15.6 Å². The molecule has 0 aliphatic heterocycles. The zero-order valence-corrected chi connectivity index (χ0v) is 14.2. The van der Waals surface area contributed by atoms with Gasteiger partial charge in [-0.25, -0.2) is 9.37 Å².